The standard InChI is InChI=1S/C12H11BrN2O3/c1-2-15-7-10(11(16)17)14-12(15)18-9-5-3-8(13)4-6-9/h3-7H,2H2,1H3,(H,16,17). The monoisotopic (exact) mass is 310 g/mol. The number of benzene rings is 1. The van der Waals surface area contributed by atoms with Crippen molar-refractivity contribution in [1.29, 1.82) is 0 Å². The second kappa shape index (κ2) is 5.22. The summed E-state index contributed by atoms with van der Waals surface area (Å²) in [6.07, 6.45) is 1.45. The van der Waals surface area contributed by atoms with Crippen LogP contribution in [0.2, 0.25) is 0 Å². The van der Waals surface area contributed by atoms with Gasteiger partial charge in [-0.2, -0.15) is 4.98 Å². The van der Waals surface area contributed by atoms with Gasteiger partial charge in [0, 0.05) is 17.2 Å². The van der Waals surface area contributed by atoms with Crippen molar-refractivity contribution in [2.75, 3.05) is 0 Å². The molecule has 2 rings (SSSR count). The highest BCUT2D eigenvalue weighted by atomic mass is 79.9. The molecular weight excluding hydrogens is 300 g/mol. The number of aromatic nitrogens is 2. The third-order valence-electron chi connectivity index (χ3n) is 2.32. The SMILES string of the molecule is CCn1cc(C(=O)O)nc1Oc1ccc(Br)cc1. The van der Waals surface area contributed by atoms with E-state index < -0.39 is 5.97 Å². The Morgan fingerprint density at radius 3 is 2.67 bits per heavy atom. The van der Waals surface area contributed by atoms with Crippen molar-refractivity contribution < 1.29 is 14.6 Å². The van der Waals surface area contributed by atoms with E-state index in [9.17, 15) is 4.79 Å². The summed E-state index contributed by atoms with van der Waals surface area (Å²) in [5, 5.41) is 8.88. The molecule has 94 valence electrons. The molecule has 1 N–H and O–H groups in total. The lowest BCUT2D eigenvalue weighted by Crippen LogP contribution is -1.96. The number of carboxylic acids is 1. The number of halogens is 1. The van der Waals surface area contributed by atoms with Gasteiger partial charge in [0.2, 0.25) is 0 Å². The molecule has 0 amide bonds. The largest absolute Gasteiger partial charge is 0.476 e. The van der Waals surface area contributed by atoms with Crippen molar-refractivity contribution in [2.24, 2.45) is 0 Å². The summed E-state index contributed by atoms with van der Waals surface area (Å²) in [6, 6.07) is 7.51. The highest BCUT2D eigenvalue weighted by molar-refractivity contribution is 9.10. The number of rotatable bonds is 4. The normalized spacial score (nSPS) is 10.3. The molecule has 18 heavy (non-hydrogen) atoms. The number of imidazole rings is 1. The molecular formula is C12H11BrN2O3. The molecule has 1 aromatic carbocycles. The Bertz CT molecular complexity index is 563. The first-order valence-electron chi connectivity index (χ1n) is 5.34. The van der Waals surface area contributed by atoms with Crippen LogP contribution in [0.5, 0.6) is 11.8 Å². The van der Waals surface area contributed by atoms with Crippen LogP contribution in [0.25, 0.3) is 0 Å². The number of carbonyl (C=O) groups is 1. The van der Waals surface area contributed by atoms with E-state index in [0.717, 1.165) is 4.47 Å². The summed E-state index contributed by atoms with van der Waals surface area (Å²) >= 11 is 3.33. The molecule has 0 unspecified atom stereocenters. The number of aryl methyl sites for hydroxylation is 1. The average molecular weight is 311 g/mol. The highest BCUT2D eigenvalue weighted by Crippen LogP contribution is 2.23. The number of hydrogen-bond acceptors (Lipinski definition) is 3. The third-order valence-corrected chi connectivity index (χ3v) is 2.85. The van der Waals surface area contributed by atoms with Crippen molar-refractivity contribution in [3.63, 3.8) is 0 Å². The van der Waals surface area contributed by atoms with Crippen LogP contribution in [0.3, 0.4) is 0 Å². The summed E-state index contributed by atoms with van der Waals surface area (Å²) in [6.45, 7) is 2.48. The van der Waals surface area contributed by atoms with E-state index in [1.54, 1.807) is 16.7 Å². The topological polar surface area (TPSA) is 64.4 Å². The molecule has 5 nitrogen and oxygen atoms in total. The van der Waals surface area contributed by atoms with E-state index >= 15 is 0 Å². The minimum Gasteiger partial charge on any atom is -0.476 e. The second-order valence-corrected chi connectivity index (χ2v) is 4.47. The Morgan fingerprint density at radius 2 is 2.11 bits per heavy atom. The van der Waals surface area contributed by atoms with Crippen LogP contribution in [0, 0.1) is 0 Å². The smallest absolute Gasteiger partial charge is 0.356 e. The lowest BCUT2D eigenvalue weighted by molar-refractivity contribution is 0.0690. The van der Waals surface area contributed by atoms with Crippen LogP contribution in [-0.2, 0) is 6.54 Å². The average Bonchev–Trinajstić information content (AvgIpc) is 2.75. The molecule has 0 aliphatic heterocycles. The molecule has 6 heteroatoms. The number of carboxylic acid groups (broad SMARTS) is 1. The van der Waals surface area contributed by atoms with Crippen molar-refractivity contribution >= 4 is 21.9 Å². The predicted octanol–water partition coefficient (Wildman–Crippen LogP) is 3.16. The molecule has 2 aromatic rings. The number of nitrogens with zero attached hydrogens (tertiary/aromatic N) is 2. The third kappa shape index (κ3) is 2.70. The molecule has 0 bridgehead atoms. The molecule has 0 aliphatic rings. The van der Waals surface area contributed by atoms with E-state index in [-0.39, 0.29) is 11.7 Å². The predicted molar refractivity (Wildman–Crippen MR) is 69.1 cm³/mol. The van der Waals surface area contributed by atoms with Gasteiger partial charge < -0.3 is 14.4 Å². The first-order chi connectivity index (χ1) is 8.60. The van der Waals surface area contributed by atoms with Crippen LogP contribution in [0.15, 0.2) is 34.9 Å². The van der Waals surface area contributed by atoms with Gasteiger partial charge in [-0.3, -0.25) is 0 Å². The van der Waals surface area contributed by atoms with Gasteiger partial charge in [0.05, 0.1) is 0 Å². The fourth-order valence-electron chi connectivity index (χ4n) is 1.42. The number of ether oxygens (including phenoxy) is 1. The van der Waals surface area contributed by atoms with E-state index in [1.165, 1.54) is 6.20 Å². The summed E-state index contributed by atoms with van der Waals surface area (Å²) in [4.78, 5) is 14.8. The number of aromatic carboxylic acids is 1. The lowest BCUT2D eigenvalue weighted by Gasteiger charge is -2.06. The first kappa shape index (κ1) is 12.6. The first-order valence-corrected chi connectivity index (χ1v) is 6.13. The Hall–Kier alpha value is -1.82. The maximum atomic E-state index is 10.8. The van der Waals surface area contributed by atoms with Gasteiger partial charge in [-0.15, -0.1) is 0 Å². The fourth-order valence-corrected chi connectivity index (χ4v) is 1.68. The van der Waals surface area contributed by atoms with Crippen molar-refractivity contribution in [1.82, 2.24) is 9.55 Å². The van der Waals surface area contributed by atoms with Crippen LogP contribution < -0.4 is 4.74 Å². The number of hydrogen-bond donors (Lipinski definition) is 1. The van der Waals surface area contributed by atoms with E-state index in [1.807, 2.05) is 19.1 Å². The lowest BCUT2D eigenvalue weighted by atomic mass is 10.3. The quantitative estimate of drug-likeness (QED) is 0.942. The van der Waals surface area contributed by atoms with Gasteiger partial charge in [-0.1, -0.05) is 15.9 Å². The Labute approximate surface area is 112 Å². The molecule has 0 spiro atoms. The Balaban J connectivity index is 2.27. The van der Waals surface area contributed by atoms with E-state index in [4.69, 9.17) is 9.84 Å². The Morgan fingerprint density at radius 1 is 1.44 bits per heavy atom. The summed E-state index contributed by atoms with van der Waals surface area (Å²) in [7, 11) is 0. The van der Waals surface area contributed by atoms with Gasteiger partial charge in [-0.25, -0.2) is 4.79 Å². The highest BCUT2D eigenvalue weighted by Gasteiger charge is 2.13. The van der Waals surface area contributed by atoms with E-state index in [2.05, 4.69) is 20.9 Å². The maximum Gasteiger partial charge on any atom is 0.356 e. The van der Waals surface area contributed by atoms with Gasteiger partial charge in [0.25, 0.3) is 0 Å². The summed E-state index contributed by atoms with van der Waals surface area (Å²) in [5.41, 5.74) is -0.0241. The van der Waals surface area contributed by atoms with Gasteiger partial charge >= 0.3 is 12.0 Å². The molecule has 0 saturated heterocycles. The minimum atomic E-state index is -1.07. The summed E-state index contributed by atoms with van der Waals surface area (Å²) < 4.78 is 8.14. The van der Waals surface area contributed by atoms with Crippen LogP contribution in [0.4, 0.5) is 0 Å². The molecule has 0 radical (unpaired) electrons. The zero-order valence-corrected chi connectivity index (χ0v) is 11.2. The maximum absolute atomic E-state index is 10.8. The molecule has 1 heterocycles. The van der Waals surface area contributed by atoms with Crippen LogP contribution in [-0.4, -0.2) is 20.6 Å². The van der Waals surface area contributed by atoms with Gasteiger partial charge in [0.1, 0.15) is 5.75 Å². The zero-order chi connectivity index (χ0) is 13.1. The molecule has 0 fully saturated rings. The molecule has 0 atom stereocenters. The van der Waals surface area contributed by atoms with Crippen molar-refractivity contribution in [3.05, 3.63) is 40.6 Å². The van der Waals surface area contributed by atoms with E-state index in [0.29, 0.717) is 12.3 Å². The van der Waals surface area contributed by atoms with Gasteiger partial charge in [0.15, 0.2) is 5.69 Å². The van der Waals surface area contributed by atoms with Crippen molar-refractivity contribution in [3.8, 4) is 11.8 Å². The molecule has 0 aliphatic carbocycles. The fraction of sp³-hybridized carbons (Fsp3) is 0.167. The van der Waals surface area contributed by atoms with Crippen LogP contribution in [0.1, 0.15) is 17.4 Å². The van der Waals surface area contributed by atoms with Crippen molar-refractivity contribution in [2.45, 2.75) is 13.5 Å². The van der Waals surface area contributed by atoms with Gasteiger partial charge in [-0.05, 0) is 31.2 Å². The Kier molecular flexibility index (Phi) is 3.66. The van der Waals surface area contributed by atoms with Crippen LogP contribution >= 0.6 is 15.9 Å². The molecule has 1 aromatic heterocycles. The second-order valence-electron chi connectivity index (χ2n) is 3.56. The summed E-state index contributed by atoms with van der Waals surface area (Å²) in [5.74, 6) is -0.460. The molecule has 0 saturated carbocycles. The zero-order valence-electron chi connectivity index (χ0n) is 9.63. The minimum absolute atomic E-state index is 0.0241.